The molecular weight excluding hydrogens is 301 g/mol. The average Bonchev–Trinajstić information content (AvgIpc) is 2.92. The van der Waals surface area contributed by atoms with Crippen LogP contribution in [0.3, 0.4) is 0 Å². The standard InChI is InChI=1S/C12H12FN3O4S/c1-2-20-12(17)10-7-14-15-11(10)21(18,19)16-9-5-3-8(13)4-6-9/h3-7,16H,2H2,1H3,(H,14,15). The highest BCUT2D eigenvalue weighted by Crippen LogP contribution is 2.18. The highest BCUT2D eigenvalue weighted by atomic mass is 32.2. The van der Waals surface area contributed by atoms with Gasteiger partial charge >= 0.3 is 5.97 Å². The summed E-state index contributed by atoms with van der Waals surface area (Å²) < 4.78 is 44.1. The average molecular weight is 313 g/mol. The molecule has 0 aliphatic heterocycles. The summed E-state index contributed by atoms with van der Waals surface area (Å²) in [5.41, 5.74) is -0.0488. The molecule has 7 nitrogen and oxygen atoms in total. The molecule has 0 unspecified atom stereocenters. The predicted octanol–water partition coefficient (Wildman–Crippen LogP) is 1.53. The van der Waals surface area contributed by atoms with Crippen molar-refractivity contribution in [3.63, 3.8) is 0 Å². The quantitative estimate of drug-likeness (QED) is 0.815. The second kappa shape index (κ2) is 5.92. The molecule has 1 aromatic carbocycles. The molecule has 112 valence electrons. The van der Waals surface area contributed by atoms with Gasteiger partial charge in [0.25, 0.3) is 10.0 Å². The topological polar surface area (TPSA) is 101 Å². The van der Waals surface area contributed by atoms with Gasteiger partial charge in [-0.15, -0.1) is 0 Å². The summed E-state index contributed by atoms with van der Waals surface area (Å²) in [6, 6.07) is 4.73. The molecular formula is C12H12FN3O4S. The Balaban J connectivity index is 2.30. The summed E-state index contributed by atoms with van der Waals surface area (Å²) >= 11 is 0. The number of nitrogens with zero attached hydrogens (tertiary/aromatic N) is 1. The predicted molar refractivity (Wildman–Crippen MR) is 71.8 cm³/mol. The van der Waals surface area contributed by atoms with Crippen molar-refractivity contribution in [3.8, 4) is 0 Å². The van der Waals surface area contributed by atoms with Crippen molar-refractivity contribution < 1.29 is 22.3 Å². The van der Waals surface area contributed by atoms with Crippen LogP contribution in [0.1, 0.15) is 17.3 Å². The van der Waals surface area contributed by atoms with Crippen LogP contribution in [-0.4, -0.2) is 31.2 Å². The molecule has 2 rings (SSSR count). The monoisotopic (exact) mass is 313 g/mol. The van der Waals surface area contributed by atoms with E-state index in [4.69, 9.17) is 4.74 Å². The Bertz CT molecular complexity index is 740. The maximum atomic E-state index is 12.8. The molecule has 1 aromatic heterocycles. The molecule has 2 aromatic rings. The Hall–Kier alpha value is -2.42. The van der Waals surface area contributed by atoms with Gasteiger partial charge in [0.05, 0.1) is 12.8 Å². The maximum Gasteiger partial charge on any atom is 0.342 e. The van der Waals surface area contributed by atoms with Gasteiger partial charge in [-0.05, 0) is 31.2 Å². The van der Waals surface area contributed by atoms with E-state index in [0.717, 1.165) is 18.3 Å². The molecule has 0 saturated heterocycles. The third-order valence-electron chi connectivity index (χ3n) is 2.46. The Morgan fingerprint density at radius 2 is 2.05 bits per heavy atom. The van der Waals surface area contributed by atoms with Gasteiger partial charge in [-0.3, -0.25) is 9.82 Å². The lowest BCUT2D eigenvalue weighted by atomic mass is 10.3. The molecule has 0 aliphatic carbocycles. The summed E-state index contributed by atoms with van der Waals surface area (Å²) in [6.45, 7) is 1.71. The summed E-state index contributed by atoms with van der Waals surface area (Å²) in [5, 5.41) is 5.37. The number of carbonyl (C=O) groups excluding carboxylic acids is 1. The lowest BCUT2D eigenvalue weighted by molar-refractivity contribution is 0.0522. The molecule has 9 heteroatoms. The van der Waals surface area contributed by atoms with Crippen LogP contribution in [0.4, 0.5) is 10.1 Å². The number of H-pyrrole nitrogens is 1. The second-order valence-electron chi connectivity index (χ2n) is 3.95. The lowest BCUT2D eigenvalue weighted by Crippen LogP contribution is -2.17. The minimum atomic E-state index is -4.07. The normalized spacial score (nSPS) is 11.1. The number of halogens is 1. The highest BCUT2D eigenvalue weighted by Gasteiger charge is 2.26. The van der Waals surface area contributed by atoms with Crippen LogP contribution in [0.2, 0.25) is 0 Å². The van der Waals surface area contributed by atoms with E-state index >= 15 is 0 Å². The first-order valence-electron chi connectivity index (χ1n) is 5.93. The van der Waals surface area contributed by atoms with E-state index in [-0.39, 0.29) is 17.9 Å². The molecule has 0 aliphatic rings. The van der Waals surface area contributed by atoms with Crippen molar-refractivity contribution in [1.29, 1.82) is 0 Å². The van der Waals surface area contributed by atoms with E-state index in [0.29, 0.717) is 0 Å². The van der Waals surface area contributed by atoms with Crippen molar-refractivity contribution in [2.45, 2.75) is 11.9 Å². The second-order valence-corrected chi connectivity index (χ2v) is 5.56. The molecule has 0 spiro atoms. The van der Waals surface area contributed by atoms with E-state index in [9.17, 15) is 17.6 Å². The summed E-state index contributed by atoms with van der Waals surface area (Å²) in [6.07, 6.45) is 1.07. The molecule has 0 radical (unpaired) electrons. The fourth-order valence-electron chi connectivity index (χ4n) is 1.56. The van der Waals surface area contributed by atoms with Crippen LogP contribution in [-0.2, 0) is 14.8 Å². The lowest BCUT2D eigenvalue weighted by Gasteiger charge is -2.07. The maximum absolute atomic E-state index is 12.8. The largest absolute Gasteiger partial charge is 0.462 e. The van der Waals surface area contributed by atoms with Gasteiger partial charge in [0.2, 0.25) is 0 Å². The van der Waals surface area contributed by atoms with Crippen molar-refractivity contribution in [3.05, 3.63) is 41.8 Å². The first-order valence-corrected chi connectivity index (χ1v) is 7.41. The number of hydrogen-bond donors (Lipinski definition) is 2. The molecule has 0 bridgehead atoms. The number of benzene rings is 1. The number of aromatic nitrogens is 2. The van der Waals surface area contributed by atoms with E-state index in [1.54, 1.807) is 6.92 Å². The zero-order valence-electron chi connectivity index (χ0n) is 11.0. The van der Waals surface area contributed by atoms with Crippen LogP contribution in [0.25, 0.3) is 0 Å². The van der Waals surface area contributed by atoms with Crippen LogP contribution in [0, 0.1) is 5.82 Å². The van der Waals surface area contributed by atoms with Crippen LogP contribution in [0.5, 0.6) is 0 Å². The summed E-state index contributed by atoms with van der Waals surface area (Å²) in [5.74, 6) is -1.29. The Kier molecular flexibility index (Phi) is 4.22. The van der Waals surface area contributed by atoms with Crippen LogP contribution >= 0.6 is 0 Å². The number of rotatable bonds is 5. The van der Waals surface area contributed by atoms with Gasteiger partial charge in [0.15, 0.2) is 5.03 Å². The fraction of sp³-hybridized carbons (Fsp3) is 0.167. The zero-order valence-corrected chi connectivity index (χ0v) is 11.8. The molecule has 21 heavy (non-hydrogen) atoms. The van der Waals surface area contributed by atoms with Gasteiger partial charge in [0.1, 0.15) is 11.4 Å². The Labute approximate surface area is 120 Å². The van der Waals surface area contributed by atoms with Gasteiger partial charge in [-0.25, -0.2) is 9.18 Å². The summed E-state index contributed by atoms with van der Waals surface area (Å²) in [7, 11) is -4.07. The number of nitrogens with one attached hydrogen (secondary N) is 2. The SMILES string of the molecule is CCOC(=O)c1cn[nH]c1S(=O)(=O)Nc1ccc(F)cc1. The van der Waals surface area contributed by atoms with Crippen LogP contribution < -0.4 is 4.72 Å². The Morgan fingerprint density at radius 1 is 1.38 bits per heavy atom. The smallest absolute Gasteiger partial charge is 0.342 e. The fourth-order valence-corrected chi connectivity index (χ4v) is 2.70. The number of ether oxygens (including phenoxy) is 1. The number of carbonyl (C=O) groups is 1. The van der Waals surface area contributed by atoms with Gasteiger partial charge in [-0.2, -0.15) is 13.5 Å². The van der Waals surface area contributed by atoms with E-state index in [1.165, 1.54) is 12.1 Å². The first kappa shape index (κ1) is 15.0. The van der Waals surface area contributed by atoms with E-state index < -0.39 is 26.8 Å². The van der Waals surface area contributed by atoms with Crippen molar-refractivity contribution in [2.24, 2.45) is 0 Å². The van der Waals surface area contributed by atoms with Crippen LogP contribution in [0.15, 0.2) is 35.5 Å². The molecule has 0 saturated carbocycles. The number of hydrogen-bond acceptors (Lipinski definition) is 5. The van der Waals surface area contributed by atoms with Crippen molar-refractivity contribution >= 4 is 21.7 Å². The van der Waals surface area contributed by atoms with Gasteiger partial charge < -0.3 is 4.74 Å². The summed E-state index contributed by atoms with van der Waals surface area (Å²) in [4.78, 5) is 11.6. The minimum absolute atomic E-state index is 0.106. The highest BCUT2D eigenvalue weighted by molar-refractivity contribution is 7.92. The van der Waals surface area contributed by atoms with E-state index in [1.807, 2.05) is 0 Å². The molecule has 0 fully saturated rings. The zero-order chi connectivity index (χ0) is 15.5. The third-order valence-corrected chi connectivity index (χ3v) is 3.82. The number of anilines is 1. The molecule has 1 heterocycles. The van der Waals surface area contributed by atoms with Crippen molar-refractivity contribution in [1.82, 2.24) is 10.2 Å². The molecule has 2 N–H and O–H groups in total. The molecule has 0 atom stereocenters. The van der Waals surface area contributed by atoms with Gasteiger partial charge in [0, 0.05) is 5.69 Å². The van der Waals surface area contributed by atoms with Gasteiger partial charge in [-0.1, -0.05) is 0 Å². The van der Waals surface area contributed by atoms with Crippen molar-refractivity contribution in [2.75, 3.05) is 11.3 Å². The number of sulfonamides is 1. The van der Waals surface area contributed by atoms with E-state index in [2.05, 4.69) is 14.9 Å². The number of esters is 1. The first-order chi connectivity index (χ1) is 9.94. The number of aromatic amines is 1. The Morgan fingerprint density at radius 3 is 2.67 bits per heavy atom. The molecule has 0 amide bonds. The third kappa shape index (κ3) is 3.37. The minimum Gasteiger partial charge on any atom is -0.462 e.